The van der Waals surface area contributed by atoms with Gasteiger partial charge in [0.2, 0.25) is 5.91 Å². The Kier molecular flexibility index (Phi) is 5.76. The molecule has 1 fully saturated rings. The quantitative estimate of drug-likeness (QED) is 0.873. The first-order valence-corrected chi connectivity index (χ1v) is 7.82. The molecular formula is C17H27N3O. The number of carbonyl (C=O) groups is 1. The number of likely N-dealkylation sites (tertiary alicyclic amines) is 1. The summed E-state index contributed by atoms with van der Waals surface area (Å²) in [5.74, 6) is 0.751. The van der Waals surface area contributed by atoms with E-state index in [1.54, 1.807) is 0 Å². The first-order chi connectivity index (χ1) is 10.1. The van der Waals surface area contributed by atoms with Gasteiger partial charge in [0.05, 0.1) is 6.54 Å². The summed E-state index contributed by atoms with van der Waals surface area (Å²) >= 11 is 0. The van der Waals surface area contributed by atoms with E-state index in [0.717, 1.165) is 25.3 Å². The Balaban J connectivity index is 1.84. The molecule has 2 N–H and O–H groups in total. The van der Waals surface area contributed by atoms with Gasteiger partial charge in [-0.15, -0.1) is 0 Å². The second-order valence-electron chi connectivity index (χ2n) is 6.15. The predicted octanol–water partition coefficient (Wildman–Crippen LogP) is 2.17. The molecule has 0 radical (unpaired) electrons. The minimum atomic E-state index is 0.0864. The van der Waals surface area contributed by atoms with Crippen LogP contribution in [0.15, 0.2) is 18.2 Å². The minimum absolute atomic E-state index is 0.0864. The molecule has 1 unspecified atom stereocenters. The monoisotopic (exact) mass is 289 g/mol. The van der Waals surface area contributed by atoms with Crippen LogP contribution in [0.3, 0.4) is 0 Å². The van der Waals surface area contributed by atoms with Crippen LogP contribution < -0.4 is 10.6 Å². The molecule has 21 heavy (non-hydrogen) atoms. The second-order valence-corrected chi connectivity index (χ2v) is 6.15. The molecule has 1 heterocycles. The maximum Gasteiger partial charge on any atom is 0.238 e. The predicted molar refractivity (Wildman–Crippen MR) is 87.6 cm³/mol. The molecule has 1 aromatic carbocycles. The van der Waals surface area contributed by atoms with Crippen LogP contribution in [0.5, 0.6) is 0 Å². The van der Waals surface area contributed by atoms with Crippen molar-refractivity contribution < 1.29 is 4.79 Å². The van der Waals surface area contributed by atoms with Crippen molar-refractivity contribution in [2.24, 2.45) is 5.92 Å². The third-order valence-corrected chi connectivity index (χ3v) is 4.25. The molecule has 1 amide bonds. The van der Waals surface area contributed by atoms with Crippen LogP contribution in [-0.4, -0.2) is 44.0 Å². The van der Waals surface area contributed by atoms with Gasteiger partial charge in [0.1, 0.15) is 0 Å². The van der Waals surface area contributed by atoms with Crippen LogP contribution in [0, 0.1) is 19.8 Å². The molecule has 0 spiro atoms. The largest absolute Gasteiger partial charge is 0.325 e. The number of carbonyl (C=O) groups excluding carboxylic acids is 1. The highest BCUT2D eigenvalue weighted by molar-refractivity contribution is 5.92. The van der Waals surface area contributed by atoms with Crippen molar-refractivity contribution in [1.82, 2.24) is 10.2 Å². The number of benzene rings is 1. The number of piperidine rings is 1. The van der Waals surface area contributed by atoms with E-state index in [0.29, 0.717) is 12.5 Å². The first-order valence-electron chi connectivity index (χ1n) is 7.82. The fraction of sp³-hybridized carbons (Fsp3) is 0.588. The first kappa shape index (κ1) is 16.0. The normalized spacial score (nSPS) is 19.5. The smallest absolute Gasteiger partial charge is 0.238 e. The average molecular weight is 289 g/mol. The molecule has 1 atom stereocenters. The topological polar surface area (TPSA) is 44.4 Å². The lowest BCUT2D eigenvalue weighted by Crippen LogP contribution is -2.42. The fourth-order valence-corrected chi connectivity index (χ4v) is 2.97. The summed E-state index contributed by atoms with van der Waals surface area (Å²) in [5.41, 5.74) is 3.35. The third-order valence-electron chi connectivity index (χ3n) is 4.25. The molecule has 0 saturated carbocycles. The molecule has 0 aliphatic carbocycles. The highest BCUT2D eigenvalue weighted by Gasteiger charge is 2.21. The van der Waals surface area contributed by atoms with Crippen LogP contribution in [-0.2, 0) is 4.79 Å². The van der Waals surface area contributed by atoms with E-state index in [1.807, 2.05) is 19.2 Å². The fourth-order valence-electron chi connectivity index (χ4n) is 2.97. The molecule has 1 aliphatic rings. The van der Waals surface area contributed by atoms with E-state index < -0.39 is 0 Å². The molecule has 0 bridgehead atoms. The minimum Gasteiger partial charge on any atom is -0.325 e. The number of anilines is 1. The maximum atomic E-state index is 12.2. The van der Waals surface area contributed by atoms with Crippen molar-refractivity contribution in [3.8, 4) is 0 Å². The highest BCUT2D eigenvalue weighted by atomic mass is 16.2. The van der Waals surface area contributed by atoms with Gasteiger partial charge in [-0.05, 0) is 76.0 Å². The summed E-state index contributed by atoms with van der Waals surface area (Å²) < 4.78 is 0. The molecule has 1 aromatic rings. The van der Waals surface area contributed by atoms with Gasteiger partial charge in [-0.25, -0.2) is 0 Å². The number of nitrogens with one attached hydrogen (secondary N) is 2. The lowest BCUT2D eigenvalue weighted by molar-refractivity contribution is -0.117. The number of nitrogens with zero attached hydrogens (tertiary/aromatic N) is 1. The summed E-state index contributed by atoms with van der Waals surface area (Å²) in [6.07, 6.45) is 2.44. The van der Waals surface area contributed by atoms with Crippen LogP contribution in [0.25, 0.3) is 0 Å². The standard InChI is InChI=1S/C17H27N3O/c1-13-6-7-16(9-14(13)2)19-17(21)12-20-8-4-5-15(11-20)10-18-3/h6-7,9,15,18H,4-5,8,10-12H2,1-3H3,(H,19,21). The lowest BCUT2D eigenvalue weighted by Gasteiger charge is -2.32. The van der Waals surface area contributed by atoms with Crippen molar-refractivity contribution in [1.29, 1.82) is 0 Å². The van der Waals surface area contributed by atoms with E-state index in [4.69, 9.17) is 0 Å². The van der Waals surface area contributed by atoms with Crippen LogP contribution in [0.2, 0.25) is 0 Å². The van der Waals surface area contributed by atoms with E-state index >= 15 is 0 Å². The van der Waals surface area contributed by atoms with Crippen molar-refractivity contribution in [2.45, 2.75) is 26.7 Å². The summed E-state index contributed by atoms with van der Waals surface area (Å²) in [7, 11) is 1.99. The van der Waals surface area contributed by atoms with Gasteiger partial charge in [0, 0.05) is 12.2 Å². The third kappa shape index (κ3) is 4.83. The molecule has 0 aromatic heterocycles. The van der Waals surface area contributed by atoms with Gasteiger partial charge in [-0.1, -0.05) is 6.07 Å². The Morgan fingerprint density at radius 2 is 2.14 bits per heavy atom. The lowest BCUT2D eigenvalue weighted by atomic mass is 9.98. The molecular weight excluding hydrogens is 262 g/mol. The number of aryl methyl sites for hydroxylation is 2. The number of hydrogen-bond acceptors (Lipinski definition) is 3. The maximum absolute atomic E-state index is 12.2. The Labute approximate surface area is 127 Å². The molecule has 116 valence electrons. The van der Waals surface area contributed by atoms with Gasteiger partial charge < -0.3 is 10.6 Å². The number of hydrogen-bond donors (Lipinski definition) is 2. The van der Waals surface area contributed by atoms with Crippen LogP contribution in [0.4, 0.5) is 5.69 Å². The Bertz CT molecular complexity index is 485. The van der Waals surface area contributed by atoms with Crippen molar-refractivity contribution in [3.05, 3.63) is 29.3 Å². The summed E-state index contributed by atoms with van der Waals surface area (Å²) in [5, 5.41) is 6.24. The second kappa shape index (κ2) is 7.57. The van der Waals surface area contributed by atoms with E-state index in [9.17, 15) is 4.79 Å². The zero-order valence-electron chi connectivity index (χ0n) is 13.4. The van der Waals surface area contributed by atoms with Gasteiger partial charge in [-0.3, -0.25) is 9.69 Å². The zero-order chi connectivity index (χ0) is 15.2. The zero-order valence-corrected chi connectivity index (χ0v) is 13.4. The molecule has 1 aliphatic heterocycles. The molecule has 1 saturated heterocycles. The summed E-state index contributed by atoms with van der Waals surface area (Å²) in [4.78, 5) is 14.4. The van der Waals surface area contributed by atoms with E-state index in [-0.39, 0.29) is 5.91 Å². The van der Waals surface area contributed by atoms with Crippen LogP contribution in [0.1, 0.15) is 24.0 Å². The van der Waals surface area contributed by atoms with Crippen LogP contribution >= 0.6 is 0 Å². The summed E-state index contributed by atoms with van der Waals surface area (Å²) in [6, 6.07) is 6.06. The van der Waals surface area contributed by atoms with Gasteiger partial charge >= 0.3 is 0 Å². The highest BCUT2D eigenvalue weighted by Crippen LogP contribution is 2.17. The van der Waals surface area contributed by atoms with Crippen molar-refractivity contribution in [3.63, 3.8) is 0 Å². The Hall–Kier alpha value is -1.39. The average Bonchev–Trinajstić information content (AvgIpc) is 2.43. The van der Waals surface area contributed by atoms with Crippen molar-refractivity contribution in [2.75, 3.05) is 38.5 Å². The van der Waals surface area contributed by atoms with E-state index in [1.165, 1.54) is 24.0 Å². The molecule has 2 rings (SSSR count). The van der Waals surface area contributed by atoms with Gasteiger partial charge in [0.15, 0.2) is 0 Å². The summed E-state index contributed by atoms with van der Waals surface area (Å²) in [6.45, 7) is 7.72. The van der Waals surface area contributed by atoms with Crippen molar-refractivity contribution >= 4 is 11.6 Å². The number of rotatable bonds is 5. The molecule has 4 heteroatoms. The molecule has 4 nitrogen and oxygen atoms in total. The Morgan fingerprint density at radius 3 is 2.86 bits per heavy atom. The van der Waals surface area contributed by atoms with Gasteiger partial charge in [-0.2, -0.15) is 0 Å². The van der Waals surface area contributed by atoms with Gasteiger partial charge in [0.25, 0.3) is 0 Å². The number of amides is 1. The Morgan fingerprint density at radius 1 is 1.33 bits per heavy atom. The SMILES string of the molecule is CNCC1CCCN(CC(=O)Nc2ccc(C)c(C)c2)C1. The van der Waals surface area contributed by atoms with E-state index in [2.05, 4.69) is 35.4 Å².